The fourth-order valence-electron chi connectivity index (χ4n) is 2.14. The lowest BCUT2D eigenvalue weighted by Crippen LogP contribution is -2.57. The number of ether oxygens (including phenoxy) is 1. The first-order chi connectivity index (χ1) is 8.67. The summed E-state index contributed by atoms with van der Waals surface area (Å²) in [6, 6.07) is 5.34. The van der Waals surface area contributed by atoms with E-state index in [1.165, 1.54) is 13.2 Å². The van der Waals surface area contributed by atoms with Crippen molar-refractivity contribution in [3.05, 3.63) is 28.3 Å². The molecule has 0 radical (unpaired) electrons. The van der Waals surface area contributed by atoms with Gasteiger partial charge in [0.25, 0.3) is 5.69 Å². The molecule has 6 heteroatoms. The van der Waals surface area contributed by atoms with Crippen LogP contribution in [0.1, 0.15) is 6.92 Å². The maximum atomic E-state index is 11.1. The molecule has 1 aliphatic rings. The van der Waals surface area contributed by atoms with Gasteiger partial charge in [0.2, 0.25) is 0 Å². The van der Waals surface area contributed by atoms with Gasteiger partial charge in [-0.1, -0.05) is 0 Å². The molecule has 0 saturated carbocycles. The van der Waals surface area contributed by atoms with Crippen LogP contribution in [0.2, 0.25) is 0 Å². The number of nitrogens with one attached hydrogen (secondary N) is 1. The van der Waals surface area contributed by atoms with Gasteiger partial charge in [-0.15, -0.1) is 0 Å². The molecule has 1 aliphatic heterocycles. The van der Waals surface area contributed by atoms with Gasteiger partial charge < -0.3 is 15.0 Å². The molecule has 1 fully saturated rings. The van der Waals surface area contributed by atoms with Crippen LogP contribution >= 0.6 is 0 Å². The van der Waals surface area contributed by atoms with Crippen molar-refractivity contribution in [2.45, 2.75) is 13.0 Å². The van der Waals surface area contributed by atoms with Crippen LogP contribution in [0.25, 0.3) is 0 Å². The quantitative estimate of drug-likeness (QED) is 0.633. The summed E-state index contributed by atoms with van der Waals surface area (Å²) in [6.45, 7) is 4.50. The second kappa shape index (κ2) is 5.22. The largest absolute Gasteiger partial charge is 0.496 e. The number of hydrogen-bond donors (Lipinski definition) is 1. The van der Waals surface area contributed by atoms with Gasteiger partial charge >= 0.3 is 0 Å². The monoisotopic (exact) mass is 251 g/mol. The van der Waals surface area contributed by atoms with Crippen LogP contribution in [0.5, 0.6) is 5.75 Å². The zero-order chi connectivity index (χ0) is 13.1. The van der Waals surface area contributed by atoms with Crippen LogP contribution < -0.4 is 15.0 Å². The van der Waals surface area contributed by atoms with E-state index in [-0.39, 0.29) is 10.6 Å². The Labute approximate surface area is 106 Å². The van der Waals surface area contributed by atoms with Crippen LogP contribution in [-0.2, 0) is 0 Å². The molecule has 0 atom stereocenters. The van der Waals surface area contributed by atoms with Gasteiger partial charge in [-0.3, -0.25) is 10.1 Å². The Balaban J connectivity index is 2.37. The average molecular weight is 251 g/mol. The zero-order valence-electron chi connectivity index (χ0n) is 10.5. The third-order valence-corrected chi connectivity index (χ3v) is 3.23. The summed E-state index contributed by atoms with van der Waals surface area (Å²) >= 11 is 0. The number of hydrogen-bond acceptors (Lipinski definition) is 5. The molecule has 6 nitrogen and oxygen atoms in total. The fraction of sp³-hybridized carbons (Fsp3) is 0.500. The smallest absolute Gasteiger partial charge is 0.296 e. The van der Waals surface area contributed by atoms with Crippen molar-refractivity contribution in [3.8, 4) is 5.75 Å². The van der Waals surface area contributed by atoms with Gasteiger partial charge in [0, 0.05) is 19.6 Å². The molecule has 18 heavy (non-hydrogen) atoms. The van der Waals surface area contributed by atoms with E-state index in [1.807, 2.05) is 6.92 Å². The van der Waals surface area contributed by atoms with E-state index >= 15 is 0 Å². The van der Waals surface area contributed by atoms with Gasteiger partial charge in [0.05, 0.1) is 24.1 Å². The Hall–Kier alpha value is -1.82. The number of anilines is 1. The average Bonchev–Trinajstić information content (AvgIpc) is 2.32. The van der Waals surface area contributed by atoms with Gasteiger partial charge in [0.1, 0.15) is 11.4 Å². The fourth-order valence-corrected chi connectivity index (χ4v) is 2.14. The van der Waals surface area contributed by atoms with Crippen molar-refractivity contribution in [3.63, 3.8) is 0 Å². The molecule has 1 aromatic carbocycles. The number of methoxy groups -OCH3 is 1. The molecule has 1 saturated heterocycles. The summed E-state index contributed by atoms with van der Waals surface area (Å²) in [5.74, 6) is 0.508. The first-order valence-electron chi connectivity index (χ1n) is 5.97. The molecule has 0 aromatic heterocycles. The van der Waals surface area contributed by atoms with Crippen molar-refractivity contribution in [2.75, 3.05) is 31.6 Å². The Morgan fingerprint density at radius 1 is 1.56 bits per heavy atom. The minimum Gasteiger partial charge on any atom is -0.496 e. The molecule has 0 aliphatic carbocycles. The second-order valence-corrected chi connectivity index (χ2v) is 4.21. The van der Waals surface area contributed by atoms with Crippen LogP contribution in [0.4, 0.5) is 11.4 Å². The van der Waals surface area contributed by atoms with Crippen LogP contribution in [0, 0.1) is 10.1 Å². The van der Waals surface area contributed by atoms with Gasteiger partial charge in [-0.05, 0) is 19.1 Å². The van der Waals surface area contributed by atoms with E-state index in [4.69, 9.17) is 4.74 Å². The van der Waals surface area contributed by atoms with E-state index in [0.29, 0.717) is 17.5 Å². The van der Waals surface area contributed by atoms with Crippen molar-refractivity contribution in [1.29, 1.82) is 0 Å². The van der Waals surface area contributed by atoms with E-state index in [2.05, 4.69) is 10.2 Å². The topological polar surface area (TPSA) is 67.6 Å². The Kier molecular flexibility index (Phi) is 3.66. The maximum Gasteiger partial charge on any atom is 0.296 e. The molecular weight excluding hydrogens is 234 g/mol. The van der Waals surface area contributed by atoms with Crippen molar-refractivity contribution in [1.82, 2.24) is 5.32 Å². The summed E-state index contributed by atoms with van der Waals surface area (Å²) < 4.78 is 5.04. The summed E-state index contributed by atoms with van der Waals surface area (Å²) in [7, 11) is 1.51. The number of rotatable bonds is 5. The molecule has 0 spiro atoms. The standard InChI is InChI=1S/C12H17N3O3/c1-3-14(9-7-13-8-9)11-5-4-10(18-2)6-12(11)15(16)17/h4-6,9,13H,3,7-8H2,1-2H3. The second-order valence-electron chi connectivity index (χ2n) is 4.21. The van der Waals surface area contributed by atoms with Crippen LogP contribution in [-0.4, -0.2) is 37.7 Å². The molecule has 2 rings (SSSR count). The van der Waals surface area contributed by atoms with E-state index in [0.717, 1.165) is 19.6 Å². The molecule has 1 N–H and O–H groups in total. The lowest BCUT2D eigenvalue weighted by atomic mass is 10.1. The highest BCUT2D eigenvalue weighted by molar-refractivity contribution is 5.66. The first-order valence-corrected chi connectivity index (χ1v) is 5.97. The van der Waals surface area contributed by atoms with Gasteiger partial charge in [-0.25, -0.2) is 0 Å². The molecule has 1 heterocycles. The molecule has 98 valence electrons. The minimum absolute atomic E-state index is 0.100. The van der Waals surface area contributed by atoms with Crippen LogP contribution in [0.3, 0.4) is 0 Å². The zero-order valence-corrected chi connectivity index (χ0v) is 10.5. The summed E-state index contributed by atoms with van der Waals surface area (Å²) in [5, 5.41) is 14.3. The minimum atomic E-state index is -0.355. The van der Waals surface area contributed by atoms with Gasteiger partial charge in [0.15, 0.2) is 0 Å². The van der Waals surface area contributed by atoms with E-state index < -0.39 is 0 Å². The Morgan fingerprint density at radius 2 is 2.28 bits per heavy atom. The predicted octanol–water partition coefficient (Wildman–Crippen LogP) is 1.40. The maximum absolute atomic E-state index is 11.1. The third-order valence-electron chi connectivity index (χ3n) is 3.23. The summed E-state index contributed by atoms with van der Waals surface area (Å²) in [5.41, 5.74) is 0.762. The molecule has 1 aromatic rings. The number of nitro benzene ring substituents is 1. The SMILES string of the molecule is CCN(c1ccc(OC)cc1[N+](=O)[O-])C1CNC1. The first kappa shape index (κ1) is 12.6. The number of nitro groups is 1. The Morgan fingerprint density at radius 3 is 2.72 bits per heavy atom. The number of benzene rings is 1. The van der Waals surface area contributed by atoms with Gasteiger partial charge in [-0.2, -0.15) is 0 Å². The van der Waals surface area contributed by atoms with Crippen molar-refractivity contribution < 1.29 is 9.66 Å². The lowest BCUT2D eigenvalue weighted by molar-refractivity contribution is -0.384. The number of likely N-dealkylation sites (N-methyl/N-ethyl adjacent to an activating group) is 1. The lowest BCUT2D eigenvalue weighted by Gasteiger charge is -2.38. The molecule has 0 unspecified atom stereocenters. The predicted molar refractivity (Wildman–Crippen MR) is 69.3 cm³/mol. The normalized spacial score (nSPS) is 15.0. The summed E-state index contributed by atoms with van der Waals surface area (Å²) in [4.78, 5) is 12.9. The molecule has 0 bridgehead atoms. The molecule has 0 amide bonds. The third kappa shape index (κ3) is 2.24. The van der Waals surface area contributed by atoms with E-state index in [9.17, 15) is 10.1 Å². The molecular formula is C12H17N3O3. The van der Waals surface area contributed by atoms with Crippen molar-refractivity contribution in [2.24, 2.45) is 0 Å². The highest BCUT2D eigenvalue weighted by Gasteiger charge is 2.28. The summed E-state index contributed by atoms with van der Waals surface area (Å²) in [6.07, 6.45) is 0. The van der Waals surface area contributed by atoms with E-state index in [1.54, 1.807) is 12.1 Å². The highest BCUT2D eigenvalue weighted by Crippen LogP contribution is 2.33. The van der Waals surface area contributed by atoms with Crippen molar-refractivity contribution >= 4 is 11.4 Å². The number of nitrogens with zero attached hydrogens (tertiary/aromatic N) is 2. The Bertz CT molecular complexity index is 446. The highest BCUT2D eigenvalue weighted by atomic mass is 16.6. The van der Waals surface area contributed by atoms with Crippen LogP contribution in [0.15, 0.2) is 18.2 Å².